The number of fused-ring (bicyclic) bond motifs is 1. The van der Waals surface area contributed by atoms with E-state index in [-0.39, 0.29) is 11.8 Å². The zero-order valence-corrected chi connectivity index (χ0v) is 19.7. The number of anilines is 1. The molecular weight excluding hydrogens is 414 g/mol. The van der Waals surface area contributed by atoms with Crippen molar-refractivity contribution in [2.45, 2.75) is 45.1 Å². The van der Waals surface area contributed by atoms with Gasteiger partial charge in [0.2, 0.25) is 5.91 Å². The predicted octanol–water partition coefficient (Wildman–Crippen LogP) is 2.78. The Bertz CT molecular complexity index is 961. The fraction of sp³-hybridized carbons (Fsp3) is 0.577. The van der Waals surface area contributed by atoms with Crippen LogP contribution in [0.5, 0.6) is 0 Å². The highest BCUT2D eigenvalue weighted by Crippen LogP contribution is 2.32. The molecule has 7 heteroatoms. The molecule has 1 amide bonds. The SMILES string of the molecule is Cc1nc([C@@H]2CCCN(C(=O)CN3CCOCC3)C2)nc2c1CCCN2Cc1ccccc1. The van der Waals surface area contributed by atoms with E-state index in [0.717, 1.165) is 95.5 Å². The second kappa shape index (κ2) is 10.2. The van der Waals surface area contributed by atoms with Gasteiger partial charge in [-0.15, -0.1) is 0 Å². The molecule has 0 spiro atoms. The lowest BCUT2D eigenvalue weighted by molar-refractivity contribution is -0.134. The number of likely N-dealkylation sites (tertiary alicyclic amines) is 1. The maximum atomic E-state index is 13.0. The van der Waals surface area contributed by atoms with Gasteiger partial charge in [-0.2, -0.15) is 0 Å². The number of carbonyl (C=O) groups excluding carboxylic acids is 1. The van der Waals surface area contributed by atoms with Gasteiger partial charge in [0.25, 0.3) is 0 Å². The Morgan fingerprint density at radius 3 is 2.70 bits per heavy atom. The Morgan fingerprint density at radius 1 is 1.06 bits per heavy atom. The number of nitrogens with zero attached hydrogens (tertiary/aromatic N) is 5. The smallest absolute Gasteiger partial charge is 0.236 e. The van der Waals surface area contributed by atoms with Crippen molar-refractivity contribution in [1.29, 1.82) is 0 Å². The molecule has 0 aliphatic carbocycles. The fourth-order valence-electron chi connectivity index (χ4n) is 5.31. The molecule has 2 saturated heterocycles. The molecule has 5 rings (SSSR count). The second-order valence-electron chi connectivity index (χ2n) is 9.55. The van der Waals surface area contributed by atoms with Crippen LogP contribution in [0.15, 0.2) is 30.3 Å². The third kappa shape index (κ3) is 5.20. The van der Waals surface area contributed by atoms with Gasteiger partial charge >= 0.3 is 0 Å². The first-order valence-corrected chi connectivity index (χ1v) is 12.4. The van der Waals surface area contributed by atoms with E-state index in [0.29, 0.717) is 6.54 Å². The van der Waals surface area contributed by atoms with Crippen molar-refractivity contribution in [2.24, 2.45) is 0 Å². The maximum Gasteiger partial charge on any atom is 0.236 e. The van der Waals surface area contributed by atoms with Crippen molar-refractivity contribution in [2.75, 3.05) is 57.4 Å². The van der Waals surface area contributed by atoms with Crippen LogP contribution in [-0.4, -0.2) is 78.2 Å². The Morgan fingerprint density at radius 2 is 1.88 bits per heavy atom. The first-order valence-electron chi connectivity index (χ1n) is 12.4. The molecular formula is C26H35N5O2. The molecule has 0 radical (unpaired) electrons. The quantitative estimate of drug-likeness (QED) is 0.700. The highest BCUT2D eigenvalue weighted by molar-refractivity contribution is 5.78. The van der Waals surface area contributed by atoms with Crippen LogP contribution in [-0.2, 0) is 22.5 Å². The van der Waals surface area contributed by atoms with Crippen molar-refractivity contribution in [3.63, 3.8) is 0 Å². The lowest BCUT2D eigenvalue weighted by Gasteiger charge is -2.36. The maximum absolute atomic E-state index is 13.0. The number of aromatic nitrogens is 2. The van der Waals surface area contributed by atoms with E-state index in [4.69, 9.17) is 14.7 Å². The zero-order valence-electron chi connectivity index (χ0n) is 19.7. The second-order valence-corrected chi connectivity index (χ2v) is 9.55. The summed E-state index contributed by atoms with van der Waals surface area (Å²) in [6.07, 6.45) is 4.23. The molecule has 0 saturated carbocycles. The van der Waals surface area contributed by atoms with Crippen LogP contribution in [0.4, 0.5) is 5.82 Å². The van der Waals surface area contributed by atoms with Gasteiger partial charge in [-0.05, 0) is 38.2 Å². The summed E-state index contributed by atoms with van der Waals surface area (Å²) < 4.78 is 5.42. The number of benzene rings is 1. The molecule has 1 aromatic heterocycles. The largest absolute Gasteiger partial charge is 0.379 e. The minimum atomic E-state index is 0.205. The van der Waals surface area contributed by atoms with Crippen molar-refractivity contribution >= 4 is 11.7 Å². The summed E-state index contributed by atoms with van der Waals surface area (Å²) in [7, 11) is 0. The fourth-order valence-corrected chi connectivity index (χ4v) is 5.31. The lowest BCUT2D eigenvalue weighted by atomic mass is 9.95. The summed E-state index contributed by atoms with van der Waals surface area (Å²) in [4.78, 5) is 29.7. The van der Waals surface area contributed by atoms with Crippen LogP contribution < -0.4 is 4.90 Å². The van der Waals surface area contributed by atoms with E-state index in [2.05, 4.69) is 47.1 Å². The molecule has 4 heterocycles. The van der Waals surface area contributed by atoms with Crippen molar-refractivity contribution in [1.82, 2.24) is 19.8 Å². The lowest BCUT2D eigenvalue weighted by Crippen LogP contribution is -2.47. The van der Waals surface area contributed by atoms with Gasteiger partial charge < -0.3 is 14.5 Å². The van der Waals surface area contributed by atoms with Crippen LogP contribution in [0.2, 0.25) is 0 Å². The first kappa shape index (κ1) is 22.3. The van der Waals surface area contributed by atoms with Crippen molar-refractivity contribution in [3.8, 4) is 0 Å². The Balaban J connectivity index is 1.32. The number of amides is 1. The number of hydrogen-bond donors (Lipinski definition) is 0. The van der Waals surface area contributed by atoms with Crippen LogP contribution >= 0.6 is 0 Å². The van der Waals surface area contributed by atoms with Crippen LogP contribution in [0.1, 0.15) is 47.8 Å². The molecule has 2 aromatic rings. The molecule has 33 heavy (non-hydrogen) atoms. The number of morpholine rings is 1. The van der Waals surface area contributed by atoms with Gasteiger partial charge in [0.1, 0.15) is 11.6 Å². The van der Waals surface area contributed by atoms with Gasteiger partial charge in [-0.3, -0.25) is 9.69 Å². The van der Waals surface area contributed by atoms with Crippen LogP contribution in [0.25, 0.3) is 0 Å². The van der Waals surface area contributed by atoms with Gasteiger partial charge in [-0.25, -0.2) is 9.97 Å². The van der Waals surface area contributed by atoms with Crippen molar-refractivity contribution in [3.05, 3.63) is 53.0 Å². The molecule has 3 aliphatic heterocycles. The number of ether oxygens (including phenoxy) is 1. The minimum Gasteiger partial charge on any atom is -0.379 e. The van der Waals surface area contributed by atoms with E-state index >= 15 is 0 Å². The summed E-state index contributed by atoms with van der Waals surface area (Å²) >= 11 is 0. The number of piperidine rings is 1. The summed E-state index contributed by atoms with van der Waals surface area (Å²) in [6, 6.07) is 10.6. The summed E-state index contributed by atoms with van der Waals surface area (Å²) in [5.41, 5.74) is 3.70. The standard InChI is InChI=1S/C26H35N5O2/c1-20-23-10-6-12-31(17-21-7-3-2-4-8-21)26(23)28-25(27-20)22-9-5-11-30(18-22)24(32)19-29-13-15-33-16-14-29/h2-4,7-8,22H,5-6,9-19H2,1H3/t22-/m1/s1. The topological polar surface area (TPSA) is 61.8 Å². The molecule has 1 aromatic carbocycles. The average Bonchev–Trinajstić information content (AvgIpc) is 2.86. The monoisotopic (exact) mass is 449 g/mol. The molecule has 7 nitrogen and oxygen atoms in total. The van der Waals surface area contributed by atoms with Crippen LogP contribution in [0.3, 0.4) is 0 Å². The number of carbonyl (C=O) groups is 1. The van der Waals surface area contributed by atoms with Crippen molar-refractivity contribution < 1.29 is 9.53 Å². The van der Waals surface area contributed by atoms with E-state index < -0.39 is 0 Å². The van der Waals surface area contributed by atoms with E-state index in [1.165, 1.54) is 11.1 Å². The molecule has 2 fully saturated rings. The summed E-state index contributed by atoms with van der Waals surface area (Å²) in [5, 5.41) is 0. The van der Waals surface area contributed by atoms with Gasteiger partial charge in [-0.1, -0.05) is 30.3 Å². The summed E-state index contributed by atoms with van der Waals surface area (Å²) in [5.74, 6) is 2.44. The van der Waals surface area contributed by atoms with Gasteiger partial charge in [0.05, 0.1) is 19.8 Å². The minimum absolute atomic E-state index is 0.205. The van der Waals surface area contributed by atoms with Gasteiger partial charge in [0, 0.05) is 56.4 Å². The Labute approximate surface area is 196 Å². The number of aryl methyl sites for hydroxylation is 1. The molecule has 1 atom stereocenters. The molecule has 3 aliphatic rings. The average molecular weight is 450 g/mol. The predicted molar refractivity (Wildman–Crippen MR) is 128 cm³/mol. The first-order chi connectivity index (χ1) is 16.2. The molecule has 0 bridgehead atoms. The van der Waals surface area contributed by atoms with Gasteiger partial charge in [0.15, 0.2) is 0 Å². The molecule has 0 unspecified atom stereocenters. The van der Waals surface area contributed by atoms with E-state index in [1.807, 2.05) is 4.90 Å². The summed E-state index contributed by atoms with van der Waals surface area (Å²) in [6.45, 7) is 9.19. The van der Waals surface area contributed by atoms with E-state index in [9.17, 15) is 4.79 Å². The highest BCUT2D eigenvalue weighted by Gasteiger charge is 2.30. The Hall–Kier alpha value is -2.51. The van der Waals surface area contributed by atoms with Crippen LogP contribution in [0, 0.1) is 6.92 Å². The molecule has 0 N–H and O–H groups in total. The molecule has 176 valence electrons. The third-order valence-corrected chi connectivity index (χ3v) is 7.18. The zero-order chi connectivity index (χ0) is 22.6. The van der Waals surface area contributed by atoms with E-state index in [1.54, 1.807) is 0 Å². The third-order valence-electron chi connectivity index (χ3n) is 7.18. The normalized spacial score (nSPS) is 21.7. The number of hydrogen-bond acceptors (Lipinski definition) is 6. The number of rotatable bonds is 5. The highest BCUT2D eigenvalue weighted by atomic mass is 16.5. The Kier molecular flexibility index (Phi) is 6.88.